The maximum atomic E-state index is 3.57. The van der Waals surface area contributed by atoms with E-state index in [0.717, 1.165) is 24.4 Å². The molecule has 0 aliphatic heterocycles. The molecule has 0 fully saturated rings. The summed E-state index contributed by atoms with van der Waals surface area (Å²) in [4.78, 5) is 0. The molecule has 0 saturated carbocycles. The van der Waals surface area contributed by atoms with Gasteiger partial charge in [-0.25, -0.2) is 0 Å². The summed E-state index contributed by atoms with van der Waals surface area (Å²) in [6, 6.07) is 0.743. The molecule has 0 rings (SSSR count). The van der Waals surface area contributed by atoms with Crippen molar-refractivity contribution >= 4 is 0 Å². The zero-order valence-corrected chi connectivity index (χ0v) is 10.1. The lowest BCUT2D eigenvalue weighted by Gasteiger charge is -2.20. The van der Waals surface area contributed by atoms with Gasteiger partial charge < -0.3 is 5.32 Å². The Morgan fingerprint density at radius 3 is 1.92 bits per heavy atom. The summed E-state index contributed by atoms with van der Waals surface area (Å²) in [5, 5.41) is 3.57. The second kappa shape index (κ2) is 7.37. The number of hydrogen-bond donors (Lipinski definition) is 1. The second-order valence-corrected chi connectivity index (χ2v) is 4.86. The summed E-state index contributed by atoms with van der Waals surface area (Å²) in [5.74, 6) is 1.66. The van der Waals surface area contributed by atoms with Crippen molar-refractivity contribution in [2.75, 3.05) is 6.54 Å². The minimum atomic E-state index is 0.743. The maximum Gasteiger partial charge on any atom is 0.00694 e. The molecule has 0 bridgehead atoms. The van der Waals surface area contributed by atoms with E-state index in [1.807, 2.05) is 0 Å². The van der Waals surface area contributed by atoms with Gasteiger partial charge >= 0.3 is 0 Å². The highest BCUT2D eigenvalue weighted by atomic mass is 14.9. The predicted octanol–water partition coefficient (Wildman–Crippen LogP) is 3.45. The Kier molecular flexibility index (Phi) is 7.35. The smallest absolute Gasteiger partial charge is 0.00694 e. The van der Waals surface area contributed by atoms with Crippen molar-refractivity contribution in [3.05, 3.63) is 0 Å². The van der Waals surface area contributed by atoms with E-state index in [1.165, 1.54) is 19.3 Å². The number of nitrogens with one attached hydrogen (secondary N) is 1. The molecule has 0 radical (unpaired) electrons. The average molecular weight is 185 g/mol. The first-order valence-corrected chi connectivity index (χ1v) is 5.79. The number of rotatable bonds is 7. The average Bonchev–Trinajstić information content (AvgIpc) is 1.99. The molecular formula is C12H27N. The molecule has 0 heterocycles. The van der Waals surface area contributed by atoms with E-state index < -0.39 is 0 Å². The summed E-state index contributed by atoms with van der Waals surface area (Å²) in [6.45, 7) is 12.5. The van der Waals surface area contributed by atoms with Gasteiger partial charge in [0.2, 0.25) is 0 Å². The Morgan fingerprint density at radius 2 is 1.54 bits per heavy atom. The van der Waals surface area contributed by atoms with Gasteiger partial charge in [-0.1, -0.05) is 34.6 Å². The maximum absolute atomic E-state index is 3.57. The Balaban J connectivity index is 3.66. The monoisotopic (exact) mass is 185 g/mol. The van der Waals surface area contributed by atoms with Crippen LogP contribution in [-0.2, 0) is 0 Å². The summed E-state index contributed by atoms with van der Waals surface area (Å²) in [5.41, 5.74) is 0. The quantitative estimate of drug-likeness (QED) is 0.640. The van der Waals surface area contributed by atoms with Crippen molar-refractivity contribution in [1.82, 2.24) is 5.32 Å². The Hall–Kier alpha value is -0.0400. The lowest BCUT2D eigenvalue weighted by molar-refractivity contribution is 0.376. The Morgan fingerprint density at radius 1 is 0.923 bits per heavy atom. The summed E-state index contributed by atoms with van der Waals surface area (Å²) < 4.78 is 0. The van der Waals surface area contributed by atoms with Crippen molar-refractivity contribution in [3.63, 3.8) is 0 Å². The van der Waals surface area contributed by atoms with Crippen molar-refractivity contribution in [1.29, 1.82) is 0 Å². The lowest BCUT2D eigenvalue weighted by atomic mass is 9.96. The van der Waals surface area contributed by atoms with Gasteiger partial charge in [0, 0.05) is 6.04 Å². The zero-order chi connectivity index (χ0) is 10.3. The third-order valence-corrected chi connectivity index (χ3v) is 2.34. The Bertz CT molecular complexity index is 108. The summed E-state index contributed by atoms with van der Waals surface area (Å²) in [6.07, 6.45) is 4.01. The molecule has 0 aromatic heterocycles. The fourth-order valence-corrected chi connectivity index (χ4v) is 1.70. The Labute approximate surface area is 84.3 Å². The van der Waals surface area contributed by atoms with Gasteiger partial charge in [0.15, 0.2) is 0 Å². The summed E-state index contributed by atoms with van der Waals surface area (Å²) in [7, 11) is 0. The van der Waals surface area contributed by atoms with Gasteiger partial charge in [-0.05, 0) is 37.6 Å². The van der Waals surface area contributed by atoms with E-state index in [4.69, 9.17) is 0 Å². The highest BCUT2D eigenvalue weighted by molar-refractivity contribution is 4.68. The number of hydrogen-bond acceptors (Lipinski definition) is 1. The van der Waals surface area contributed by atoms with E-state index in [-0.39, 0.29) is 0 Å². The molecule has 0 aliphatic carbocycles. The van der Waals surface area contributed by atoms with Crippen molar-refractivity contribution in [3.8, 4) is 0 Å². The molecule has 1 heteroatoms. The molecule has 1 atom stereocenters. The van der Waals surface area contributed by atoms with Crippen molar-refractivity contribution < 1.29 is 0 Å². The molecule has 1 N–H and O–H groups in total. The standard InChI is InChI=1S/C12H27N/c1-6-13-12(9-11(4)5)8-7-10(2)3/h10-13H,6-9H2,1-5H3. The van der Waals surface area contributed by atoms with E-state index in [2.05, 4.69) is 39.9 Å². The molecule has 80 valence electrons. The van der Waals surface area contributed by atoms with Crippen LogP contribution in [-0.4, -0.2) is 12.6 Å². The first-order chi connectivity index (χ1) is 6.06. The molecule has 0 spiro atoms. The molecule has 0 aromatic rings. The van der Waals surface area contributed by atoms with E-state index in [1.54, 1.807) is 0 Å². The van der Waals surface area contributed by atoms with Crippen molar-refractivity contribution in [2.45, 2.75) is 59.9 Å². The molecule has 0 aliphatic rings. The van der Waals surface area contributed by atoms with Crippen LogP contribution in [0.15, 0.2) is 0 Å². The zero-order valence-electron chi connectivity index (χ0n) is 10.1. The summed E-state index contributed by atoms with van der Waals surface area (Å²) >= 11 is 0. The highest BCUT2D eigenvalue weighted by Crippen LogP contribution is 2.13. The fraction of sp³-hybridized carbons (Fsp3) is 1.00. The normalized spacial score (nSPS) is 14.1. The third kappa shape index (κ3) is 8.29. The molecule has 0 saturated heterocycles. The highest BCUT2D eigenvalue weighted by Gasteiger charge is 2.09. The SMILES string of the molecule is CCNC(CCC(C)C)CC(C)C. The molecular weight excluding hydrogens is 158 g/mol. The molecule has 1 unspecified atom stereocenters. The predicted molar refractivity (Wildman–Crippen MR) is 61.0 cm³/mol. The molecule has 1 nitrogen and oxygen atoms in total. The first kappa shape index (κ1) is 13.0. The van der Waals surface area contributed by atoms with E-state index in [0.29, 0.717) is 0 Å². The van der Waals surface area contributed by atoms with Crippen LogP contribution in [0, 0.1) is 11.8 Å². The first-order valence-electron chi connectivity index (χ1n) is 5.79. The van der Waals surface area contributed by atoms with Crippen molar-refractivity contribution in [2.24, 2.45) is 11.8 Å². The minimum Gasteiger partial charge on any atom is -0.314 e. The van der Waals surface area contributed by atoms with Crippen LogP contribution >= 0.6 is 0 Å². The lowest BCUT2D eigenvalue weighted by Crippen LogP contribution is -2.30. The minimum absolute atomic E-state index is 0.743. The van der Waals surface area contributed by atoms with Crippen LogP contribution < -0.4 is 5.32 Å². The van der Waals surface area contributed by atoms with Crippen LogP contribution in [0.2, 0.25) is 0 Å². The van der Waals surface area contributed by atoms with E-state index in [9.17, 15) is 0 Å². The second-order valence-electron chi connectivity index (χ2n) is 4.86. The van der Waals surface area contributed by atoms with Crippen LogP contribution in [0.5, 0.6) is 0 Å². The van der Waals surface area contributed by atoms with Gasteiger partial charge in [-0.15, -0.1) is 0 Å². The van der Waals surface area contributed by atoms with Gasteiger partial charge in [-0.3, -0.25) is 0 Å². The fourth-order valence-electron chi connectivity index (χ4n) is 1.70. The van der Waals surface area contributed by atoms with Crippen LogP contribution in [0.3, 0.4) is 0 Å². The van der Waals surface area contributed by atoms with Crippen LogP contribution in [0.25, 0.3) is 0 Å². The van der Waals surface area contributed by atoms with E-state index >= 15 is 0 Å². The van der Waals surface area contributed by atoms with Gasteiger partial charge in [-0.2, -0.15) is 0 Å². The third-order valence-electron chi connectivity index (χ3n) is 2.34. The largest absolute Gasteiger partial charge is 0.314 e. The van der Waals surface area contributed by atoms with Crippen LogP contribution in [0.4, 0.5) is 0 Å². The molecule has 13 heavy (non-hydrogen) atoms. The van der Waals surface area contributed by atoms with Gasteiger partial charge in [0.1, 0.15) is 0 Å². The van der Waals surface area contributed by atoms with Gasteiger partial charge in [0.05, 0.1) is 0 Å². The van der Waals surface area contributed by atoms with Crippen LogP contribution in [0.1, 0.15) is 53.9 Å². The van der Waals surface area contributed by atoms with Gasteiger partial charge in [0.25, 0.3) is 0 Å². The molecule has 0 amide bonds. The topological polar surface area (TPSA) is 12.0 Å². The molecule has 0 aromatic carbocycles.